The highest BCUT2D eigenvalue weighted by Crippen LogP contribution is 2.17. The van der Waals surface area contributed by atoms with E-state index in [1.807, 2.05) is 19.1 Å². The molecule has 0 aromatic heterocycles. The summed E-state index contributed by atoms with van der Waals surface area (Å²) in [6.07, 6.45) is 0.918. The summed E-state index contributed by atoms with van der Waals surface area (Å²) in [5.41, 5.74) is 3.08. The number of benzene rings is 1. The van der Waals surface area contributed by atoms with Crippen LogP contribution in [0.5, 0.6) is 0 Å². The van der Waals surface area contributed by atoms with Crippen LogP contribution >= 0.6 is 0 Å². The zero-order chi connectivity index (χ0) is 9.14. The average Bonchev–Trinajstić information content (AvgIpc) is 2.05. The van der Waals surface area contributed by atoms with E-state index in [0.717, 1.165) is 17.4 Å². The Hall–Kier alpha value is -1.11. The third kappa shape index (κ3) is 1.73. The molecule has 0 heterocycles. The predicted octanol–water partition coefficient (Wildman–Crippen LogP) is 2.93. The zero-order valence-electron chi connectivity index (χ0n) is 7.79. The number of hydrogen-bond acceptors (Lipinski definition) is 1. The molecule has 0 amide bonds. The molecule has 0 aliphatic carbocycles. The quantitative estimate of drug-likeness (QED) is 0.611. The van der Waals surface area contributed by atoms with Gasteiger partial charge in [-0.2, -0.15) is 0 Å². The molecule has 1 aromatic rings. The van der Waals surface area contributed by atoms with E-state index in [-0.39, 0.29) is 0 Å². The normalized spacial score (nSPS) is 10.3. The Kier molecular flexibility index (Phi) is 2.64. The highest BCUT2D eigenvalue weighted by molar-refractivity contribution is 5.77. The molecule has 0 spiro atoms. The predicted molar refractivity (Wildman–Crippen MR) is 50.7 cm³/mol. The first-order valence-corrected chi connectivity index (χ1v) is 4.21. The van der Waals surface area contributed by atoms with E-state index < -0.39 is 0 Å². The number of aryl methyl sites for hydroxylation is 1. The Morgan fingerprint density at radius 3 is 2.50 bits per heavy atom. The Morgan fingerprint density at radius 2 is 2.00 bits per heavy atom. The minimum absolute atomic E-state index is 0.490. The topological polar surface area (TPSA) is 17.1 Å². The molecule has 0 atom stereocenters. The fraction of sp³-hybridized carbons (Fsp3) is 0.364. The van der Waals surface area contributed by atoms with Crippen LogP contribution in [0.2, 0.25) is 0 Å². The molecule has 0 saturated carbocycles. The van der Waals surface area contributed by atoms with Crippen molar-refractivity contribution in [3.63, 3.8) is 0 Å². The zero-order valence-corrected chi connectivity index (χ0v) is 7.79. The second-order valence-corrected chi connectivity index (χ2v) is 3.39. The van der Waals surface area contributed by atoms with Gasteiger partial charge < -0.3 is 0 Å². The van der Waals surface area contributed by atoms with E-state index in [1.165, 1.54) is 5.56 Å². The largest absolute Gasteiger partial charge is 0.298 e. The van der Waals surface area contributed by atoms with Crippen LogP contribution in [-0.2, 0) is 0 Å². The van der Waals surface area contributed by atoms with Crippen LogP contribution in [0.3, 0.4) is 0 Å². The molecule has 0 aliphatic rings. The van der Waals surface area contributed by atoms with Gasteiger partial charge in [0.2, 0.25) is 0 Å². The highest BCUT2D eigenvalue weighted by atomic mass is 16.1. The Bertz CT molecular complexity index is 287. The van der Waals surface area contributed by atoms with E-state index >= 15 is 0 Å². The summed E-state index contributed by atoms with van der Waals surface area (Å²) in [6, 6.07) is 6.04. The van der Waals surface area contributed by atoms with Crippen molar-refractivity contribution in [2.75, 3.05) is 0 Å². The number of aldehydes is 1. The second-order valence-electron chi connectivity index (χ2n) is 3.39. The summed E-state index contributed by atoms with van der Waals surface area (Å²) in [5.74, 6) is 0.490. The molecular weight excluding hydrogens is 148 g/mol. The van der Waals surface area contributed by atoms with Crippen molar-refractivity contribution in [1.82, 2.24) is 0 Å². The molecule has 0 bridgehead atoms. The van der Waals surface area contributed by atoms with E-state index in [2.05, 4.69) is 19.9 Å². The maximum atomic E-state index is 10.6. The third-order valence-corrected chi connectivity index (χ3v) is 2.10. The van der Waals surface area contributed by atoms with Crippen LogP contribution in [0.1, 0.15) is 41.3 Å². The average molecular weight is 162 g/mol. The molecule has 0 aliphatic heterocycles. The Labute approximate surface area is 73.4 Å². The van der Waals surface area contributed by atoms with Crippen LogP contribution in [0.15, 0.2) is 18.2 Å². The summed E-state index contributed by atoms with van der Waals surface area (Å²) < 4.78 is 0. The van der Waals surface area contributed by atoms with Gasteiger partial charge >= 0.3 is 0 Å². The molecule has 64 valence electrons. The van der Waals surface area contributed by atoms with Crippen molar-refractivity contribution in [1.29, 1.82) is 0 Å². The van der Waals surface area contributed by atoms with Crippen LogP contribution < -0.4 is 0 Å². The lowest BCUT2D eigenvalue weighted by Crippen LogP contribution is -1.92. The monoisotopic (exact) mass is 162 g/mol. The second kappa shape index (κ2) is 3.53. The molecule has 1 aromatic carbocycles. The molecule has 1 nitrogen and oxygen atoms in total. The van der Waals surface area contributed by atoms with E-state index in [1.54, 1.807) is 0 Å². The summed E-state index contributed by atoms with van der Waals surface area (Å²) in [4.78, 5) is 10.6. The van der Waals surface area contributed by atoms with Gasteiger partial charge in [-0.15, -0.1) is 0 Å². The lowest BCUT2D eigenvalue weighted by Gasteiger charge is -2.06. The molecule has 0 unspecified atom stereocenters. The number of carbonyl (C=O) groups excluding carboxylic acids is 1. The first kappa shape index (κ1) is 8.98. The third-order valence-electron chi connectivity index (χ3n) is 2.10. The lowest BCUT2D eigenvalue weighted by atomic mass is 9.98. The van der Waals surface area contributed by atoms with Gasteiger partial charge in [0.15, 0.2) is 0 Å². The molecule has 0 N–H and O–H groups in total. The van der Waals surface area contributed by atoms with Gasteiger partial charge in [0, 0.05) is 5.56 Å². The Balaban J connectivity index is 3.13. The molecule has 0 saturated heterocycles. The Morgan fingerprint density at radius 1 is 1.33 bits per heavy atom. The minimum atomic E-state index is 0.490. The fourth-order valence-electron chi connectivity index (χ4n) is 1.15. The SMILES string of the molecule is Cc1ccc(C(C)C)cc1C=O. The number of hydrogen-bond donors (Lipinski definition) is 0. The van der Waals surface area contributed by atoms with E-state index in [4.69, 9.17) is 0 Å². The number of carbonyl (C=O) groups is 1. The van der Waals surface area contributed by atoms with Crippen molar-refractivity contribution in [3.8, 4) is 0 Å². The molecule has 1 heteroatoms. The summed E-state index contributed by atoms with van der Waals surface area (Å²) in [6.45, 7) is 6.20. The fourth-order valence-corrected chi connectivity index (χ4v) is 1.15. The van der Waals surface area contributed by atoms with Crippen LogP contribution in [0, 0.1) is 6.92 Å². The summed E-state index contributed by atoms with van der Waals surface area (Å²) in [5, 5.41) is 0. The standard InChI is InChI=1S/C11H14O/c1-8(2)10-5-4-9(3)11(6-10)7-12/h4-8H,1-3H3. The first-order chi connectivity index (χ1) is 5.65. The van der Waals surface area contributed by atoms with E-state index in [9.17, 15) is 4.79 Å². The molecule has 0 radical (unpaired) electrons. The van der Waals surface area contributed by atoms with Gasteiger partial charge in [0.05, 0.1) is 0 Å². The van der Waals surface area contributed by atoms with Gasteiger partial charge in [0.25, 0.3) is 0 Å². The van der Waals surface area contributed by atoms with Crippen LogP contribution in [0.4, 0.5) is 0 Å². The maximum absolute atomic E-state index is 10.6. The minimum Gasteiger partial charge on any atom is -0.298 e. The van der Waals surface area contributed by atoms with Gasteiger partial charge in [-0.25, -0.2) is 0 Å². The van der Waals surface area contributed by atoms with Gasteiger partial charge in [-0.05, 0) is 30.0 Å². The van der Waals surface area contributed by atoms with Crippen molar-refractivity contribution in [2.24, 2.45) is 0 Å². The lowest BCUT2D eigenvalue weighted by molar-refractivity contribution is 0.112. The molecule has 12 heavy (non-hydrogen) atoms. The summed E-state index contributed by atoms with van der Waals surface area (Å²) >= 11 is 0. The molecule has 0 fully saturated rings. The van der Waals surface area contributed by atoms with Crippen molar-refractivity contribution in [2.45, 2.75) is 26.7 Å². The van der Waals surface area contributed by atoms with Crippen molar-refractivity contribution >= 4 is 6.29 Å². The highest BCUT2D eigenvalue weighted by Gasteiger charge is 2.01. The first-order valence-electron chi connectivity index (χ1n) is 4.21. The van der Waals surface area contributed by atoms with Gasteiger partial charge in [-0.1, -0.05) is 26.0 Å². The smallest absolute Gasteiger partial charge is 0.150 e. The van der Waals surface area contributed by atoms with Crippen molar-refractivity contribution < 1.29 is 4.79 Å². The molecular formula is C11H14O. The maximum Gasteiger partial charge on any atom is 0.150 e. The van der Waals surface area contributed by atoms with Gasteiger partial charge in [0.1, 0.15) is 6.29 Å². The van der Waals surface area contributed by atoms with Crippen molar-refractivity contribution in [3.05, 3.63) is 34.9 Å². The van der Waals surface area contributed by atoms with Crippen LogP contribution in [0.25, 0.3) is 0 Å². The number of rotatable bonds is 2. The van der Waals surface area contributed by atoms with Crippen LogP contribution in [-0.4, -0.2) is 6.29 Å². The van der Waals surface area contributed by atoms with Gasteiger partial charge in [-0.3, -0.25) is 4.79 Å². The molecule has 1 rings (SSSR count). The summed E-state index contributed by atoms with van der Waals surface area (Å²) in [7, 11) is 0. The van der Waals surface area contributed by atoms with E-state index in [0.29, 0.717) is 5.92 Å².